The van der Waals surface area contributed by atoms with Crippen molar-refractivity contribution in [2.24, 2.45) is 7.05 Å². The number of likely N-dealkylation sites (tertiary alicyclic amines) is 1. The van der Waals surface area contributed by atoms with Crippen LogP contribution < -0.4 is 0 Å². The largest absolute Gasteiger partial charge is 0.408 e. The van der Waals surface area contributed by atoms with Crippen LogP contribution in [0.25, 0.3) is 0 Å². The Kier molecular flexibility index (Phi) is 3.80. The van der Waals surface area contributed by atoms with E-state index in [2.05, 4.69) is 5.10 Å². The second-order valence-corrected chi connectivity index (χ2v) is 5.43. The van der Waals surface area contributed by atoms with Gasteiger partial charge in [-0.25, -0.2) is 0 Å². The topological polar surface area (TPSA) is 38.1 Å². The SMILES string of the molecule is CC(C)c1cc(C(=O)N2CCCC2C(F)(F)F)n(C)n1. The average molecular weight is 289 g/mol. The average Bonchev–Trinajstić information content (AvgIpc) is 2.93. The zero-order valence-electron chi connectivity index (χ0n) is 11.7. The highest BCUT2D eigenvalue weighted by Crippen LogP contribution is 2.33. The van der Waals surface area contributed by atoms with Gasteiger partial charge in [-0.1, -0.05) is 13.8 Å². The minimum atomic E-state index is -4.37. The molecule has 1 unspecified atom stereocenters. The molecule has 4 nitrogen and oxygen atoms in total. The number of nitrogens with zero attached hydrogens (tertiary/aromatic N) is 3. The fourth-order valence-corrected chi connectivity index (χ4v) is 2.47. The maximum Gasteiger partial charge on any atom is 0.408 e. The Balaban J connectivity index is 2.27. The number of amides is 1. The van der Waals surface area contributed by atoms with Gasteiger partial charge in [0.05, 0.1) is 5.69 Å². The van der Waals surface area contributed by atoms with Gasteiger partial charge in [0.2, 0.25) is 0 Å². The Morgan fingerprint density at radius 2 is 2.10 bits per heavy atom. The van der Waals surface area contributed by atoms with Gasteiger partial charge in [-0.2, -0.15) is 18.3 Å². The van der Waals surface area contributed by atoms with Crippen molar-refractivity contribution in [3.05, 3.63) is 17.5 Å². The summed E-state index contributed by atoms with van der Waals surface area (Å²) in [6, 6.07) is -0.0916. The first-order valence-corrected chi connectivity index (χ1v) is 6.63. The molecule has 0 radical (unpaired) electrons. The number of carbonyl (C=O) groups is 1. The zero-order chi connectivity index (χ0) is 15.1. The Bertz CT molecular complexity index is 507. The summed E-state index contributed by atoms with van der Waals surface area (Å²) in [4.78, 5) is 13.2. The molecule has 1 aromatic heterocycles. The molecule has 1 aliphatic heterocycles. The smallest absolute Gasteiger partial charge is 0.325 e. The van der Waals surface area contributed by atoms with Crippen LogP contribution in [-0.4, -0.2) is 39.4 Å². The van der Waals surface area contributed by atoms with Crippen molar-refractivity contribution in [3.8, 4) is 0 Å². The van der Waals surface area contributed by atoms with Crippen LogP contribution in [0.3, 0.4) is 0 Å². The summed E-state index contributed by atoms with van der Waals surface area (Å²) < 4.78 is 40.1. The molecule has 0 aliphatic carbocycles. The molecule has 112 valence electrons. The van der Waals surface area contributed by atoms with E-state index in [1.165, 1.54) is 4.68 Å². The number of hydrogen-bond donors (Lipinski definition) is 0. The molecule has 20 heavy (non-hydrogen) atoms. The van der Waals surface area contributed by atoms with Gasteiger partial charge in [0, 0.05) is 13.6 Å². The number of aryl methyl sites for hydroxylation is 1. The van der Waals surface area contributed by atoms with Gasteiger partial charge >= 0.3 is 6.18 Å². The van der Waals surface area contributed by atoms with E-state index in [1.54, 1.807) is 13.1 Å². The minimum absolute atomic E-state index is 0.0237. The van der Waals surface area contributed by atoms with Crippen molar-refractivity contribution < 1.29 is 18.0 Å². The Labute approximate surface area is 115 Å². The predicted octanol–water partition coefficient (Wildman–Crippen LogP) is 2.71. The van der Waals surface area contributed by atoms with Gasteiger partial charge in [-0.05, 0) is 24.8 Å². The quantitative estimate of drug-likeness (QED) is 0.839. The van der Waals surface area contributed by atoms with Gasteiger partial charge < -0.3 is 4.90 Å². The number of carbonyl (C=O) groups excluding carboxylic acids is 1. The van der Waals surface area contributed by atoms with Crippen molar-refractivity contribution in [1.82, 2.24) is 14.7 Å². The van der Waals surface area contributed by atoms with Crippen molar-refractivity contribution >= 4 is 5.91 Å². The number of rotatable bonds is 2. The summed E-state index contributed by atoms with van der Waals surface area (Å²) in [6.45, 7) is 3.99. The second-order valence-electron chi connectivity index (χ2n) is 5.43. The lowest BCUT2D eigenvalue weighted by molar-refractivity contribution is -0.169. The maximum absolute atomic E-state index is 12.9. The van der Waals surface area contributed by atoms with E-state index in [9.17, 15) is 18.0 Å². The molecule has 2 heterocycles. The zero-order valence-corrected chi connectivity index (χ0v) is 11.7. The molecule has 1 aromatic rings. The Morgan fingerprint density at radius 1 is 1.45 bits per heavy atom. The highest BCUT2D eigenvalue weighted by molar-refractivity contribution is 5.93. The maximum atomic E-state index is 12.9. The molecule has 7 heteroatoms. The monoisotopic (exact) mass is 289 g/mol. The lowest BCUT2D eigenvalue weighted by atomic mass is 10.1. The van der Waals surface area contributed by atoms with Crippen LogP contribution in [0.5, 0.6) is 0 Å². The number of alkyl halides is 3. The van der Waals surface area contributed by atoms with Crippen LogP contribution in [0.2, 0.25) is 0 Å². The normalized spacial score (nSPS) is 19.9. The molecule has 0 aromatic carbocycles. The lowest BCUT2D eigenvalue weighted by Gasteiger charge is -2.26. The first-order valence-electron chi connectivity index (χ1n) is 6.63. The summed E-state index contributed by atoms with van der Waals surface area (Å²) >= 11 is 0. The van der Waals surface area contributed by atoms with Gasteiger partial charge in [0.15, 0.2) is 0 Å². The molecular weight excluding hydrogens is 271 g/mol. The molecule has 1 amide bonds. The Hall–Kier alpha value is -1.53. The van der Waals surface area contributed by atoms with Crippen molar-refractivity contribution in [3.63, 3.8) is 0 Å². The van der Waals surface area contributed by atoms with Gasteiger partial charge in [-0.3, -0.25) is 9.48 Å². The molecule has 1 saturated heterocycles. The van der Waals surface area contributed by atoms with E-state index in [1.807, 2.05) is 13.8 Å². The third-order valence-corrected chi connectivity index (χ3v) is 3.60. The summed E-state index contributed by atoms with van der Waals surface area (Å²) in [6.07, 6.45) is -4.01. The predicted molar refractivity (Wildman–Crippen MR) is 67.4 cm³/mol. The molecule has 1 aliphatic rings. The third kappa shape index (κ3) is 2.66. The van der Waals surface area contributed by atoms with Gasteiger partial charge in [-0.15, -0.1) is 0 Å². The van der Waals surface area contributed by atoms with Crippen molar-refractivity contribution in [2.75, 3.05) is 6.54 Å². The van der Waals surface area contributed by atoms with Crippen molar-refractivity contribution in [2.45, 2.75) is 44.8 Å². The fourth-order valence-electron chi connectivity index (χ4n) is 2.47. The summed E-state index contributed by atoms with van der Waals surface area (Å²) in [5.74, 6) is -0.466. The Morgan fingerprint density at radius 3 is 2.60 bits per heavy atom. The first-order chi connectivity index (χ1) is 9.21. The van der Waals surface area contributed by atoms with Crippen LogP contribution in [0.15, 0.2) is 6.07 Å². The number of aromatic nitrogens is 2. The van der Waals surface area contributed by atoms with E-state index < -0.39 is 18.1 Å². The molecular formula is C13H18F3N3O. The second kappa shape index (κ2) is 5.10. The molecule has 1 atom stereocenters. The van der Waals surface area contributed by atoms with Crippen LogP contribution in [0.4, 0.5) is 13.2 Å². The van der Waals surface area contributed by atoms with Crippen LogP contribution in [0.1, 0.15) is 48.8 Å². The molecule has 0 bridgehead atoms. The van der Waals surface area contributed by atoms with E-state index in [0.29, 0.717) is 12.1 Å². The van der Waals surface area contributed by atoms with E-state index in [4.69, 9.17) is 0 Å². The van der Waals surface area contributed by atoms with E-state index >= 15 is 0 Å². The summed E-state index contributed by atoms with van der Waals surface area (Å²) in [5.41, 5.74) is 0.920. The summed E-state index contributed by atoms with van der Waals surface area (Å²) in [5, 5.41) is 4.18. The van der Waals surface area contributed by atoms with Crippen molar-refractivity contribution in [1.29, 1.82) is 0 Å². The fraction of sp³-hybridized carbons (Fsp3) is 0.692. The summed E-state index contributed by atoms with van der Waals surface area (Å²) in [7, 11) is 1.58. The molecule has 0 saturated carbocycles. The van der Waals surface area contributed by atoms with Crippen LogP contribution in [-0.2, 0) is 7.05 Å². The number of hydrogen-bond acceptors (Lipinski definition) is 2. The van der Waals surface area contributed by atoms with E-state index in [-0.39, 0.29) is 24.6 Å². The van der Waals surface area contributed by atoms with Gasteiger partial charge in [0.25, 0.3) is 5.91 Å². The highest BCUT2D eigenvalue weighted by Gasteiger charge is 2.48. The first kappa shape index (κ1) is 14.9. The molecule has 1 fully saturated rings. The van der Waals surface area contributed by atoms with Crippen LogP contribution in [0, 0.1) is 0 Å². The highest BCUT2D eigenvalue weighted by atomic mass is 19.4. The standard InChI is InChI=1S/C13H18F3N3O/c1-8(2)9-7-10(18(3)17-9)12(20)19-6-4-5-11(19)13(14,15)16/h7-8,11H,4-6H2,1-3H3. The molecule has 2 rings (SSSR count). The molecule has 0 spiro atoms. The number of halogens is 3. The third-order valence-electron chi connectivity index (χ3n) is 3.60. The molecule has 0 N–H and O–H groups in total. The lowest BCUT2D eigenvalue weighted by Crippen LogP contribution is -2.45. The minimum Gasteiger partial charge on any atom is -0.325 e. The van der Waals surface area contributed by atoms with Gasteiger partial charge in [0.1, 0.15) is 11.7 Å². The van der Waals surface area contributed by atoms with E-state index in [0.717, 1.165) is 4.90 Å². The van der Waals surface area contributed by atoms with Crippen LogP contribution >= 0.6 is 0 Å².